The summed E-state index contributed by atoms with van der Waals surface area (Å²) in [4.78, 5) is 10.4. The molecule has 0 radical (unpaired) electrons. The zero-order valence-corrected chi connectivity index (χ0v) is 8.13. The van der Waals surface area contributed by atoms with Crippen molar-refractivity contribution in [2.24, 2.45) is 0 Å². The summed E-state index contributed by atoms with van der Waals surface area (Å²) in [7, 11) is -6.26. The lowest BCUT2D eigenvalue weighted by Gasteiger charge is -2.19. The highest BCUT2D eigenvalue weighted by Crippen LogP contribution is 2.39. The van der Waals surface area contributed by atoms with Gasteiger partial charge < -0.3 is 0 Å². The van der Waals surface area contributed by atoms with E-state index in [1.165, 1.54) is 0 Å². The van der Waals surface area contributed by atoms with Crippen molar-refractivity contribution >= 4 is 15.9 Å². The molecule has 0 aromatic carbocycles. The third-order valence-corrected chi connectivity index (χ3v) is 2.64. The van der Waals surface area contributed by atoms with Crippen molar-refractivity contribution in [3.8, 4) is 0 Å². The van der Waals surface area contributed by atoms with Crippen LogP contribution in [-0.4, -0.2) is 32.4 Å². The lowest BCUT2D eigenvalue weighted by molar-refractivity contribution is -0.241. The Hall–Kier alpha value is -1.00. The van der Waals surface area contributed by atoms with E-state index >= 15 is 0 Å². The zero-order chi connectivity index (χ0) is 13.2. The first-order chi connectivity index (χ1) is 6.95. The van der Waals surface area contributed by atoms with Crippen molar-refractivity contribution in [3.05, 3.63) is 0 Å². The Morgan fingerprint density at radius 3 is 1.88 bits per heavy atom. The van der Waals surface area contributed by atoms with Gasteiger partial charge in [-0.1, -0.05) is 0 Å². The van der Waals surface area contributed by atoms with Gasteiger partial charge in [0.2, 0.25) is 5.91 Å². The Morgan fingerprint density at radius 2 is 1.56 bits per heavy atom. The van der Waals surface area contributed by atoms with Crippen LogP contribution in [0.25, 0.3) is 0 Å². The summed E-state index contributed by atoms with van der Waals surface area (Å²) in [5.74, 6) is -1.79. The van der Waals surface area contributed by atoms with E-state index in [1.54, 1.807) is 0 Å². The zero-order valence-electron chi connectivity index (χ0n) is 7.31. The number of hydrogen-bond acceptors (Lipinski definition) is 3. The van der Waals surface area contributed by atoms with Crippen LogP contribution in [0.2, 0.25) is 0 Å². The Bertz CT molecular complexity index is 361. The monoisotopic (exact) mass is 273 g/mol. The number of sulfonamides is 1. The quantitative estimate of drug-likeness (QED) is 0.775. The van der Waals surface area contributed by atoms with Crippen molar-refractivity contribution in [1.82, 2.24) is 4.72 Å². The van der Waals surface area contributed by atoms with Crippen LogP contribution in [0.5, 0.6) is 0 Å². The molecular weight excluding hydrogens is 268 g/mol. The maximum absolute atomic E-state index is 12.3. The van der Waals surface area contributed by atoms with Crippen LogP contribution in [-0.2, 0) is 14.8 Å². The molecule has 0 atom stereocenters. The van der Waals surface area contributed by atoms with Gasteiger partial charge in [0.05, 0.1) is 13.1 Å². The van der Waals surface area contributed by atoms with Crippen LogP contribution < -0.4 is 4.72 Å². The topological polar surface area (TPSA) is 63.2 Å². The molecule has 0 aliphatic rings. The highest BCUT2D eigenvalue weighted by Gasteiger charge is 2.67. The Kier molecular flexibility index (Phi) is 4.19. The second-order valence-electron chi connectivity index (χ2n) is 2.48. The summed E-state index contributed by atoms with van der Waals surface area (Å²) in [6.45, 7) is -1.39. The van der Waals surface area contributed by atoms with Gasteiger partial charge in [0.1, 0.15) is 0 Å². The van der Waals surface area contributed by atoms with Gasteiger partial charge in [-0.3, -0.25) is 9.18 Å². The van der Waals surface area contributed by atoms with E-state index in [2.05, 4.69) is 0 Å². The van der Waals surface area contributed by atoms with Gasteiger partial charge in [0, 0.05) is 0 Å². The minimum atomic E-state index is -6.37. The summed E-state index contributed by atoms with van der Waals surface area (Å²) in [6.07, 6.45) is -7.50. The van der Waals surface area contributed by atoms with Crippen LogP contribution in [0, 0.1) is 0 Å². The average molecular weight is 273 g/mol. The van der Waals surface area contributed by atoms with Gasteiger partial charge in [-0.05, 0) is 0 Å². The van der Waals surface area contributed by atoms with Crippen molar-refractivity contribution < 1.29 is 39.6 Å². The van der Waals surface area contributed by atoms with Gasteiger partial charge in [-0.15, -0.1) is 0 Å². The minimum Gasteiger partial charge on any atom is -0.274 e. The number of nitrogens with one attached hydrogen (secondary N) is 1. The van der Waals surface area contributed by atoms with Crippen LogP contribution in [0.1, 0.15) is 6.42 Å². The van der Waals surface area contributed by atoms with Crippen LogP contribution >= 0.6 is 0 Å². The first-order valence-corrected chi connectivity index (χ1v) is 4.99. The fraction of sp³-hybridized carbons (Fsp3) is 0.800. The van der Waals surface area contributed by atoms with Gasteiger partial charge in [0.25, 0.3) is 0 Å². The molecular formula is C5H5F6NO3S. The smallest absolute Gasteiger partial charge is 0.274 e. The number of halogens is 6. The standard InChI is InChI=1S/C5H5F6NO3S/c6-2-1-3(13)12-16(14,15)5(10,11)4(7,8)9/h1-2H2,(H,12,13). The Labute approximate surface area is 85.7 Å². The minimum absolute atomic E-state index is 0.427. The number of alkyl halides is 6. The molecule has 0 fully saturated rings. The molecule has 16 heavy (non-hydrogen) atoms. The number of hydrogen-bond donors (Lipinski definition) is 1. The second kappa shape index (κ2) is 4.47. The highest BCUT2D eigenvalue weighted by atomic mass is 32.2. The van der Waals surface area contributed by atoms with Crippen LogP contribution in [0.4, 0.5) is 26.3 Å². The van der Waals surface area contributed by atoms with Crippen LogP contribution in [0.15, 0.2) is 0 Å². The predicted molar refractivity (Wildman–Crippen MR) is 38.7 cm³/mol. The number of carbonyl (C=O) groups is 1. The molecule has 0 aliphatic carbocycles. The fourth-order valence-corrected chi connectivity index (χ4v) is 1.34. The molecule has 0 aliphatic heterocycles. The average Bonchev–Trinajstić information content (AvgIpc) is 2.00. The van der Waals surface area contributed by atoms with E-state index < -0.39 is 40.5 Å². The Balaban J connectivity index is 5.01. The predicted octanol–water partition coefficient (Wildman–Crippen LogP) is 0.947. The highest BCUT2D eigenvalue weighted by molar-refractivity contribution is 7.91. The third-order valence-electron chi connectivity index (χ3n) is 1.24. The molecule has 0 spiro atoms. The molecule has 0 unspecified atom stereocenters. The molecule has 0 saturated carbocycles. The normalized spacial score (nSPS) is 13.6. The summed E-state index contributed by atoms with van der Waals surface area (Å²) in [5, 5.41) is -6.12. The fourth-order valence-electron chi connectivity index (χ4n) is 0.503. The van der Waals surface area contributed by atoms with Gasteiger partial charge in [0.15, 0.2) is 0 Å². The van der Waals surface area contributed by atoms with E-state index in [1.807, 2.05) is 0 Å². The first kappa shape index (κ1) is 15.0. The maximum Gasteiger partial charge on any atom is 0.471 e. The molecule has 0 saturated heterocycles. The van der Waals surface area contributed by atoms with Gasteiger partial charge in [-0.2, -0.15) is 30.4 Å². The van der Waals surface area contributed by atoms with Crippen molar-refractivity contribution in [2.45, 2.75) is 17.9 Å². The molecule has 4 nitrogen and oxygen atoms in total. The third kappa shape index (κ3) is 3.00. The lowest BCUT2D eigenvalue weighted by atomic mass is 10.5. The van der Waals surface area contributed by atoms with Gasteiger partial charge >= 0.3 is 21.5 Å². The Morgan fingerprint density at radius 1 is 1.12 bits per heavy atom. The summed E-state index contributed by atoms with van der Waals surface area (Å²) < 4.78 is 92.2. The molecule has 0 aromatic heterocycles. The largest absolute Gasteiger partial charge is 0.471 e. The summed E-state index contributed by atoms with van der Waals surface area (Å²) in [6, 6.07) is 0. The molecule has 0 bridgehead atoms. The first-order valence-electron chi connectivity index (χ1n) is 3.51. The maximum atomic E-state index is 12.3. The molecule has 1 N–H and O–H groups in total. The molecule has 96 valence electrons. The van der Waals surface area contributed by atoms with Crippen LogP contribution in [0.3, 0.4) is 0 Å². The SMILES string of the molecule is O=C(CCF)NS(=O)(=O)C(F)(F)C(F)(F)F. The number of rotatable bonds is 4. The van der Waals surface area contributed by atoms with Crippen molar-refractivity contribution in [3.63, 3.8) is 0 Å². The van der Waals surface area contributed by atoms with E-state index in [-0.39, 0.29) is 0 Å². The van der Waals surface area contributed by atoms with E-state index in [0.717, 1.165) is 0 Å². The molecule has 1 amide bonds. The van der Waals surface area contributed by atoms with Gasteiger partial charge in [-0.25, -0.2) is 4.72 Å². The summed E-state index contributed by atoms with van der Waals surface area (Å²) >= 11 is 0. The second-order valence-corrected chi connectivity index (χ2v) is 4.21. The van der Waals surface area contributed by atoms with Crippen molar-refractivity contribution in [1.29, 1.82) is 0 Å². The molecule has 11 heteroatoms. The van der Waals surface area contributed by atoms with Crippen molar-refractivity contribution in [2.75, 3.05) is 6.67 Å². The molecule has 0 rings (SSSR count). The van der Waals surface area contributed by atoms with E-state index in [0.29, 0.717) is 4.72 Å². The number of amides is 1. The summed E-state index contributed by atoms with van der Waals surface area (Å²) in [5.41, 5.74) is 0. The van der Waals surface area contributed by atoms with E-state index in [4.69, 9.17) is 0 Å². The van der Waals surface area contributed by atoms with E-state index in [9.17, 15) is 39.6 Å². The molecule has 0 heterocycles. The lowest BCUT2D eigenvalue weighted by Crippen LogP contribution is -2.51. The molecule has 0 aromatic rings. The number of carbonyl (C=O) groups excluding carboxylic acids is 1.